The van der Waals surface area contributed by atoms with Crippen molar-refractivity contribution in [3.05, 3.63) is 107 Å². The number of hydrogen-bond donors (Lipinski definition) is 0. The summed E-state index contributed by atoms with van der Waals surface area (Å²) in [6.07, 6.45) is 0. The third-order valence-electron chi connectivity index (χ3n) is 6.70. The zero-order valence-corrected chi connectivity index (χ0v) is 21.3. The highest BCUT2D eigenvalue weighted by molar-refractivity contribution is 5.95. The molecule has 1 aliphatic heterocycles. The molecule has 0 saturated carbocycles. The average molecular weight is 504 g/mol. The maximum absolute atomic E-state index is 13.4. The Hall–Kier alpha value is -3.55. The summed E-state index contributed by atoms with van der Waals surface area (Å²) >= 11 is 0. The zero-order chi connectivity index (χ0) is 26.0. The highest BCUT2D eigenvalue weighted by Crippen LogP contribution is 2.15. The van der Waals surface area contributed by atoms with E-state index in [1.54, 1.807) is 12.1 Å². The highest BCUT2D eigenvalue weighted by atomic mass is 19.1. The van der Waals surface area contributed by atoms with Crippen LogP contribution < -0.4 is 0 Å². The Labute approximate surface area is 218 Å². The maximum Gasteiger partial charge on any atom is 0.254 e. The molecule has 0 atom stereocenters. The van der Waals surface area contributed by atoms with Crippen LogP contribution >= 0.6 is 0 Å². The summed E-state index contributed by atoms with van der Waals surface area (Å²) in [5.74, 6) is -0.325. The van der Waals surface area contributed by atoms with Gasteiger partial charge in [-0.3, -0.25) is 14.5 Å². The van der Waals surface area contributed by atoms with Gasteiger partial charge in [-0.05, 0) is 41.8 Å². The second kappa shape index (κ2) is 13.1. The fraction of sp³-hybridized carbons (Fsp3) is 0.333. The van der Waals surface area contributed by atoms with Crippen LogP contribution in [0.25, 0.3) is 0 Å². The maximum atomic E-state index is 13.4. The first-order valence-corrected chi connectivity index (χ1v) is 12.7. The largest absolute Gasteiger partial charge is 0.367 e. The Morgan fingerprint density at radius 2 is 1.54 bits per heavy atom. The number of rotatable bonds is 10. The van der Waals surface area contributed by atoms with Gasteiger partial charge in [0, 0.05) is 51.4 Å². The predicted molar refractivity (Wildman–Crippen MR) is 141 cm³/mol. The molecule has 194 valence electrons. The SMILES string of the molecule is Cc1ccccc1C(=O)N(CCN1CCN(C(=O)COCc2ccccc2)CC1)Cc1ccc(F)cc1. The van der Waals surface area contributed by atoms with Crippen LogP contribution in [0.5, 0.6) is 0 Å². The van der Waals surface area contributed by atoms with Gasteiger partial charge in [0.25, 0.3) is 5.91 Å². The van der Waals surface area contributed by atoms with Crippen LogP contribution in [0.15, 0.2) is 78.9 Å². The number of amides is 2. The van der Waals surface area contributed by atoms with Crippen molar-refractivity contribution in [2.45, 2.75) is 20.1 Å². The van der Waals surface area contributed by atoms with Crippen molar-refractivity contribution in [2.75, 3.05) is 45.9 Å². The van der Waals surface area contributed by atoms with Gasteiger partial charge < -0.3 is 14.5 Å². The van der Waals surface area contributed by atoms with Crippen LogP contribution in [0.2, 0.25) is 0 Å². The number of nitrogens with zero attached hydrogens (tertiary/aromatic N) is 3. The van der Waals surface area contributed by atoms with E-state index in [0.29, 0.717) is 44.9 Å². The smallest absolute Gasteiger partial charge is 0.254 e. The summed E-state index contributed by atoms with van der Waals surface area (Å²) < 4.78 is 19.0. The van der Waals surface area contributed by atoms with Crippen LogP contribution in [0, 0.1) is 12.7 Å². The van der Waals surface area contributed by atoms with Gasteiger partial charge in [-0.25, -0.2) is 4.39 Å². The molecule has 2 amide bonds. The Bertz CT molecular complexity index is 1160. The summed E-state index contributed by atoms with van der Waals surface area (Å²) in [5.41, 5.74) is 3.54. The van der Waals surface area contributed by atoms with Crippen molar-refractivity contribution < 1.29 is 18.7 Å². The molecule has 4 rings (SSSR count). The number of hydrogen-bond acceptors (Lipinski definition) is 4. The van der Waals surface area contributed by atoms with E-state index < -0.39 is 0 Å². The molecule has 1 heterocycles. The van der Waals surface area contributed by atoms with E-state index in [2.05, 4.69) is 4.90 Å². The molecule has 0 radical (unpaired) electrons. The molecule has 1 fully saturated rings. The standard InChI is InChI=1S/C30H34FN3O3/c1-24-7-5-6-10-28(24)30(36)34(21-25-11-13-27(31)14-12-25)20-17-32-15-18-33(19-16-32)29(35)23-37-22-26-8-3-2-4-9-26/h2-14H,15-23H2,1H3. The van der Waals surface area contributed by atoms with E-state index in [1.807, 2.05) is 71.3 Å². The van der Waals surface area contributed by atoms with Gasteiger partial charge in [-0.1, -0.05) is 60.7 Å². The summed E-state index contributed by atoms with van der Waals surface area (Å²) in [6, 6.07) is 23.7. The Kier molecular flexibility index (Phi) is 9.40. The molecule has 7 heteroatoms. The van der Waals surface area contributed by atoms with E-state index >= 15 is 0 Å². The van der Waals surface area contributed by atoms with E-state index in [0.717, 1.165) is 29.8 Å². The molecule has 0 spiro atoms. The molecular weight excluding hydrogens is 469 g/mol. The monoisotopic (exact) mass is 503 g/mol. The quantitative estimate of drug-likeness (QED) is 0.417. The average Bonchev–Trinajstić information content (AvgIpc) is 2.93. The van der Waals surface area contributed by atoms with Gasteiger partial charge in [-0.2, -0.15) is 0 Å². The first-order chi connectivity index (χ1) is 18.0. The van der Waals surface area contributed by atoms with Gasteiger partial charge in [0.1, 0.15) is 12.4 Å². The Balaban J connectivity index is 1.28. The number of piperazine rings is 1. The van der Waals surface area contributed by atoms with Crippen molar-refractivity contribution in [2.24, 2.45) is 0 Å². The molecule has 0 N–H and O–H groups in total. The number of aryl methyl sites for hydroxylation is 1. The number of carbonyl (C=O) groups excluding carboxylic acids is 2. The third kappa shape index (κ3) is 7.71. The number of carbonyl (C=O) groups is 2. The molecule has 0 bridgehead atoms. The van der Waals surface area contributed by atoms with E-state index in [1.165, 1.54) is 12.1 Å². The normalized spacial score (nSPS) is 13.9. The summed E-state index contributed by atoms with van der Waals surface area (Å²) in [4.78, 5) is 31.9. The van der Waals surface area contributed by atoms with Crippen molar-refractivity contribution in [3.8, 4) is 0 Å². The van der Waals surface area contributed by atoms with Crippen molar-refractivity contribution >= 4 is 11.8 Å². The molecule has 1 aliphatic rings. The molecule has 0 aromatic heterocycles. The second-order valence-corrected chi connectivity index (χ2v) is 9.37. The minimum Gasteiger partial charge on any atom is -0.367 e. The van der Waals surface area contributed by atoms with Gasteiger partial charge in [0.2, 0.25) is 5.91 Å². The van der Waals surface area contributed by atoms with Crippen LogP contribution in [0.3, 0.4) is 0 Å². The Morgan fingerprint density at radius 3 is 2.24 bits per heavy atom. The van der Waals surface area contributed by atoms with Crippen LogP contribution in [-0.2, 0) is 22.7 Å². The second-order valence-electron chi connectivity index (χ2n) is 9.37. The fourth-order valence-corrected chi connectivity index (χ4v) is 4.45. The van der Waals surface area contributed by atoms with Crippen molar-refractivity contribution in [1.29, 1.82) is 0 Å². The van der Waals surface area contributed by atoms with Gasteiger partial charge in [0.15, 0.2) is 0 Å². The Morgan fingerprint density at radius 1 is 0.865 bits per heavy atom. The lowest BCUT2D eigenvalue weighted by molar-refractivity contribution is -0.138. The van der Waals surface area contributed by atoms with Gasteiger partial charge >= 0.3 is 0 Å². The number of halogens is 1. The van der Waals surface area contributed by atoms with Crippen molar-refractivity contribution in [3.63, 3.8) is 0 Å². The molecule has 6 nitrogen and oxygen atoms in total. The van der Waals surface area contributed by atoms with Crippen LogP contribution in [-0.4, -0.2) is 72.4 Å². The lowest BCUT2D eigenvalue weighted by atomic mass is 10.1. The molecule has 37 heavy (non-hydrogen) atoms. The lowest BCUT2D eigenvalue weighted by Crippen LogP contribution is -2.51. The first-order valence-electron chi connectivity index (χ1n) is 12.7. The summed E-state index contributed by atoms with van der Waals surface area (Å²) in [7, 11) is 0. The van der Waals surface area contributed by atoms with Crippen molar-refractivity contribution in [1.82, 2.24) is 14.7 Å². The predicted octanol–water partition coefficient (Wildman–Crippen LogP) is 4.14. The molecular formula is C30H34FN3O3. The van der Waals surface area contributed by atoms with E-state index in [9.17, 15) is 14.0 Å². The first kappa shape index (κ1) is 26.5. The van der Waals surface area contributed by atoms with Gasteiger partial charge in [0.05, 0.1) is 6.61 Å². The lowest BCUT2D eigenvalue weighted by Gasteiger charge is -2.36. The molecule has 1 saturated heterocycles. The van der Waals surface area contributed by atoms with Crippen LogP contribution in [0.1, 0.15) is 27.0 Å². The van der Waals surface area contributed by atoms with Crippen LogP contribution in [0.4, 0.5) is 4.39 Å². The molecule has 3 aromatic rings. The molecule has 3 aromatic carbocycles. The summed E-state index contributed by atoms with van der Waals surface area (Å²) in [6.45, 7) is 6.84. The zero-order valence-electron chi connectivity index (χ0n) is 21.3. The van der Waals surface area contributed by atoms with E-state index in [-0.39, 0.29) is 24.2 Å². The van der Waals surface area contributed by atoms with E-state index in [4.69, 9.17) is 4.74 Å². The number of benzene rings is 3. The number of ether oxygens (including phenoxy) is 1. The summed E-state index contributed by atoms with van der Waals surface area (Å²) in [5, 5.41) is 0. The molecule has 0 unspecified atom stereocenters. The minimum atomic E-state index is -0.293. The van der Waals surface area contributed by atoms with Gasteiger partial charge in [-0.15, -0.1) is 0 Å². The minimum absolute atomic E-state index is 0.00301. The topological polar surface area (TPSA) is 53.1 Å². The fourth-order valence-electron chi connectivity index (χ4n) is 4.45. The molecule has 0 aliphatic carbocycles. The highest BCUT2D eigenvalue weighted by Gasteiger charge is 2.23. The third-order valence-corrected chi connectivity index (χ3v) is 6.70.